The summed E-state index contributed by atoms with van der Waals surface area (Å²) < 4.78 is 7.54. The lowest BCUT2D eigenvalue weighted by Gasteiger charge is -2.35. The van der Waals surface area contributed by atoms with Gasteiger partial charge in [-0.05, 0) is 65.5 Å². The summed E-state index contributed by atoms with van der Waals surface area (Å²) in [5.74, 6) is 0.108. The predicted molar refractivity (Wildman–Crippen MR) is 118 cm³/mol. The summed E-state index contributed by atoms with van der Waals surface area (Å²) in [5.41, 5.74) is 0.186. The lowest BCUT2D eigenvalue weighted by Crippen LogP contribution is -2.44. The SMILES string of the molecule is CCNC(=O)C1CCN(C(=O)c2cccn2C2CCN(C(=O)OC(C)(C)C)CC2)CC1. The van der Waals surface area contributed by atoms with Crippen LogP contribution in [-0.4, -0.2) is 70.6 Å². The second kappa shape index (κ2) is 9.75. The number of hydrogen-bond acceptors (Lipinski definition) is 4. The van der Waals surface area contributed by atoms with Crippen molar-refractivity contribution in [1.29, 1.82) is 0 Å². The molecular weight excluding hydrogens is 396 g/mol. The van der Waals surface area contributed by atoms with Crippen molar-refractivity contribution in [1.82, 2.24) is 19.7 Å². The van der Waals surface area contributed by atoms with Crippen molar-refractivity contribution in [2.75, 3.05) is 32.7 Å². The molecule has 3 heterocycles. The van der Waals surface area contributed by atoms with E-state index >= 15 is 0 Å². The number of nitrogens with one attached hydrogen (secondary N) is 1. The van der Waals surface area contributed by atoms with Crippen molar-refractivity contribution in [3.05, 3.63) is 24.0 Å². The first-order valence-corrected chi connectivity index (χ1v) is 11.4. The van der Waals surface area contributed by atoms with E-state index in [0.717, 1.165) is 12.8 Å². The third-order valence-corrected chi connectivity index (χ3v) is 6.01. The number of aromatic nitrogens is 1. The highest BCUT2D eigenvalue weighted by Gasteiger charge is 2.31. The lowest BCUT2D eigenvalue weighted by atomic mass is 9.95. The summed E-state index contributed by atoms with van der Waals surface area (Å²) in [6.45, 7) is 10.6. The molecule has 2 aliphatic heterocycles. The highest BCUT2D eigenvalue weighted by Crippen LogP contribution is 2.27. The molecule has 2 aliphatic rings. The van der Waals surface area contributed by atoms with Gasteiger partial charge in [0.15, 0.2) is 0 Å². The number of carbonyl (C=O) groups is 3. The molecule has 3 amide bonds. The summed E-state index contributed by atoms with van der Waals surface area (Å²) >= 11 is 0. The molecule has 8 nitrogen and oxygen atoms in total. The van der Waals surface area contributed by atoms with Crippen LogP contribution in [-0.2, 0) is 9.53 Å². The Balaban J connectivity index is 1.56. The Morgan fingerprint density at radius 3 is 2.23 bits per heavy atom. The Bertz CT molecular complexity index is 782. The van der Waals surface area contributed by atoms with Crippen molar-refractivity contribution in [3.8, 4) is 0 Å². The van der Waals surface area contributed by atoms with Gasteiger partial charge in [-0.3, -0.25) is 9.59 Å². The zero-order valence-electron chi connectivity index (χ0n) is 19.2. The molecule has 0 bridgehead atoms. The minimum Gasteiger partial charge on any atom is -0.444 e. The number of rotatable bonds is 4. The van der Waals surface area contributed by atoms with Gasteiger partial charge in [0, 0.05) is 50.9 Å². The van der Waals surface area contributed by atoms with Gasteiger partial charge in [-0.15, -0.1) is 0 Å². The molecule has 2 fully saturated rings. The average Bonchev–Trinajstić information content (AvgIpc) is 3.22. The van der Waals surface area contributed by atoms with E-state index in [4.69, 9.17) is 4.74 Å². The number of piperidine rings is 2. The second-order valence-electron chi connectivity index (χ2n) is 9.46. The van der Waals surface area contributed by atoms with Crippen LogP contribution in [0.15, 0.2) is 18.3 Å². The topological polar surface area (TPSA) is 83.9 Å². The molecule has 2 saturated heterocycles. The van der Waals surface area contributed by atoms with E-state index in [1.165, 1.54) is 0 Å². The fourth-order valence-electron chi connectivity index (χ4n) is 4.37. The van der Waals surface area contributed by atoms with E-state index in [0.29, 0.717) is 51.3 Å². The van der Waals surface area contributed by atoms with Gasteiger partial charge in [0.05, 0.1) is 0 Å². The maximum absolute atomic E-state index is 13.2. The molecule has 1 N–H and O–H groups in total. The summed E-state index contributed by atoms with van der Waals surface area (Å²) in [6.07, 6.45) is 4.66. The molecule has 0 aliphatic carbocycles. The first-order chi connectivity index (χ1) is 14.7. The van der Waals surface area contributed by atoms with Crippen LogP contribution in [0, 0.1) is 5.92 Å². The molecule has 172 valence electrons. The zero-order valence-corrected chi connectivity index (χ0v) is 19.2. The molecule has 0 saturated carbocycles. The maximum Gasteiger partial charge on any atom is 0.410 e. The molecule has 31 heavy (non-hydrogen) atoms. The first kappa shape index (κ1) is 23.2. The number of hydrogen-bond donors (Lipinski definition) is 1. The number of amides is 3. The molecular formula is C23H36N4O4. The van der Waals surface area contributed by atoms with E-state index in [9.17, 15) is 14.4 Å². The monoisotopic (exact) mass is 432 g/mol. The third kappa shape index (κ3) is 5.80. The van der Waals surface area contributed by atoms with Crippen molar-refractivity contribution >= 4 is 17.9 Å². The Hall–Kier alpha value is -2.51. The van der Waals surface area contributed by atoms with Crippen LogP contribution in [0.2, 0.25) is 0 Å². The van der Waals surface area contributed by atoms with Gasteiger partial charge in [-0.1, -0.05) is 0 Å². The smallest absolute Gasteiger partial charge is 0.410 e. The minimum atomic E-state index is -0.501. The van der Waals surface area contributed by atoms with Gasteiger partial charge in [0.1, 0.15) is 11.3 Å². The van der Waals surface area contributed by atoms with Gasteiger partial charge in [0.2, 0.25) is 5.91 Å². The van der Waals surface area contributed by atoms with Gasteiger partial charge in [-0.25, -0.2) is 4.79 Å². The van der Waals surface area contributed by atoms with Crippen LogP contribution in [0.5, 0.6) is 0 Å². The van der Waals surface area contributed by atoms with E-state index in [1.54, 1.807) is 4.90 Å². The first-order valence-electron chi connectivity index (χ1n) is 11.4. The van der Waals surface area contributed by atoms with Gasteiger partial charge < -0.3 is 24.4 Å². The largest absolute Gasteiger partial charge is 0.444 e. The van der Waals surface area contributed by atoms with Crippen LogP contribution in [0.4, 0.5) is 4.79 Å². The van der Waals surface area contributed by atoms with Crippen molar-refractivity contribution < 1.29 is 19.1 Å². The standard InChI is InChI=1S/C23H36N4O4/c1-5-24-20(28)17-8-13-25(14-9-17)21(29)19-7-6-12-27(19)18-10-15-26(16-11-18)22(30)31-23(2,3)4/h6-7,12,17-18H,5,8-11,13-16H2,1-4H3,(H,24,28). The Labute approximate surface area is 184 Å². The lowest BCUT2D eigenvalue weighted by molar-refractivity contribution is -0.126. The molecule has 3 rings (SSSR count). The van der Waals surface area contributed by atoms with Crippen LogP contribution in [0.1, 0.15) is 69.9 Å². The van der Waals surface area contributed by atoms with Crippen molar-refractivity contribution in [3.63, 3.8) is 0 Å². The second-order valence-corrected chi connectivity index (χ2v) is 9.46. The van der Waals surface area contributed by atoms with Gasteiger partial charge >= 0.3 is 6.09 Å². The third-order valence-electron chi connectivity index (χ3n) is 6.01. The van der Waals surface area contributed by atoms with E-state index < -0.39 is 5.60 Å². The van der Waals surface area contributed by atoms with E-state index in [-0.39, 0.29) is 29.9 Å². The molecule has 0 unspecified atom stereocenters. The Kier molecular flexibility index (Phi) is 7.28. The van der Waals surface area contributed by atoms with Crippen LogP contribution < -0.4 is 5.32 Å². The minimum absolute atomic E-state index is 0.00651. The summed E-state index contributed by atoms with van der Waals surface area (Å²) in [6, 6.07) is 3.97. The van der Waals surface area contributed by atoms with Crippen LogP contribution >= 0.6 is 0 Å². The Morgan fingerprint density at radius 2 is 1.65 bits per heavy atom. The van der Waals surface area contributed by atoms with Crippen molar-refractivity contribution in [2.24, 2.45) is 5.92 Å². The maximum atomic E-state index is 13.2. The summed E-state index contributed by atoms with van der Waals surface area (Å²) in [7, 11) is 0. The van der Waals surface area contributed by atoms with Gasteiger partial charge in [0.25, 0.3) is 5.91 Å². The van der Waals surface area contributed by atoms with Crippen molar-refractivity contribution in [2.45, 2.75) is 65.0 Å². The van der Waals surface area contributed by atoms with Gasteiger partial charge in [-0.2, -0.15) is 0 Å². The summed E-state index contributed by atoms with van der Waals surface area (Å²) in [5, 5.41) is 2.88. The number of likely N-dealkylation sites (tertiary alicyclic amines) is 2. The quantitative estimate of drug-likeness (QED) is 0.793. The molecule has 1 aromatic heterocycles. The molecule has 0 radical (unpaired) electrons. The molecule has 0 atom stereocenters. The molecule has 8 heteroatoms. The normalized spacial score (nSPS) is 18.7. The predicted octanol–water partition coefficient (Wildman–Crippen LogP) is 3.05. The average molecular weight is 433 g/mol. The number of ether oxygens (including phenoxy) is 1. The van der Waals surface area contributed by atoms with Crippen LogP contribution in [0.3, 0.4) is 0 Å². The molecule has 1 aromatic rings. The fourth-order valence-corrected chi connectivity index (χ4v) is 4.37. The number of carbonyl (C=O) groups excluding carboxylic acids is 3. The summed E-state index contributed by atoms with van der Waals surface area (Å²) in [4.78, 5) is 41.2. The highest BCUT2D eigenvalue weighted by molar-refractivity contribution is 5.93. The van der Waals surface area contributed by atoms with Crippen LogP contribution in [0.25, 0.3) is 0 Å². The van der Waals surface area contributed by atoms with E-state index in [1.807, 2.05) is 50.9 Å². The van der Waals surface area contributed by atoms with E-state index in [2.05, 4.69) is 9.88 Å². The highest BCUT2D eigenvalue weighted by atomic mass is 16.6. The molecule has 0 aromatic carbocycles. The number of nitrogens with zero attached hydrogens (tertiary/aromatic N) is 3. The molecule has 0 spiro atoms. The zero-order chi connectivity index (χ0) is 22.6. The fraction of sp³-hybridized carbons (Fsp3) is 0.696. The Morgan fingerprint density at radius 1 is 1.03 bits per heavy atom.